The monoisotopic (exact) mass is 800 g/mol. The highest BCUT2D eigenvalue weighted by molar-refractivity contribution is 5.76. The summed E-state index contributed by atoms with van der Waals surface area (Å²) < 4.78 is 22.5. The molecule has 14 heteroatoms. The van der Waals surface area contributed by atoms with Gasteiger partial charge in [0.15, 0.2) is 12.6 Å². The van der Waals surface area contributed by atoms with E-state index in [0.29, 0.717) is 6.42 Å². The lowest BCUT2D eigenvalue weighted by molar-refractivity contribution is -0.359. The van der Waals surface area contributed by atoms with Crippen molar-refractivity contribution in [3.8, 4) is 0 Å². The summed E-state index contributed by atoms with van der Waals surface area (Å²) in [5, 5.41) is 86.1. The Morgan fingerprint density at radius 2 is 1.23 bits per heavy atom. The molecule has 324 valence electrons. The molecule has 2 aliphatic rings. The summed E-state index contributed by atoms with van der Waals surface area (Å²) in [6.07, 6.45) is 14.7. The summed E-state index contributed by atoms with van der Waals surface area (Å²) >= 11 is 0. The maximum atomic E-state index is 13.0. The lowest BCUT2D eigenvalue weighted by Gasteiger charge is -2.46. The van der Waals surface area contributed by atoms with Gasteiger partial charge in [0.25, 0.3) is 0 Å². The highest BCUT2D eigenvalue weighted by Crippen LogP contribution is 2.29. The molecule has 0 spiro atoms. The van der Waals surface area contributed by atoms with Crippen LogP contribution in [0, 0.1) is 0 Å². The number of nitrogens with one attached hydrogen (secondary N) is 1. The molecule has 2 fully saturated rings. The minimum atomic E-state index is -1.79. The van der Waals surface area contributed by atoms with Crippen LogP contribution in [0.3, 0.4) is 0 Å². The number of hydrogen-bond acceptors (Lipinski definition) is 13. The van der Waals surface area contributed by atoms with Crippen molar-refractivity contribution in [3.63, 3.8) is 0 Å². The average Bonchev–Trinajstić information content (AvgIpc) is 3.19. The Bertz CT molecular complexity index is 1130. The van der Waals surface area contributed by atoms with E-state index in [0.717, 1.165) is 64.2 Å². The highest BCUT2D eigenvalue weighted by Gasteiger charge is 2.50. The molecular formula is C42H73NO13. The van der Waals surface area contributed by atoms with E-state index in [9.17, 15) is 45.6 Å². The summed E-state index contributed by atoms with van der Waals surface area (Å²) in [6, 6.07) is -0.926. The SMILES string of the molecule is CC/C=C\C/C=C\C/C=C\CCCCCC(=O)NC(COC1OC(CO)C(OC2OC(CO)C(O)C(O)C2O)C(O)C1O)C(O)/C=C/CCCCCCCCC. The molecular weight excluding hydrogens is 726 g/mol. The van der Waals surface area contributed by atoms with Crippen LogP contribution in [-0.4, -0.2) is 140 Å². The minimum Gasteiger partial charge on any atom is -0.394 e. The molecule has 0 saturated carbocycles. The molecule has 0 aromatic heterocycles. The van der Waals surface area contributed by atoms with Crippen LogP contribution in [0.5, 0.6) is 0 Å². The van der Waals surface area contributed by atoms with Crippen molar-refractivity contribution in [2.75, 3.05) is 19.8 Å². The predicted octanol–water partition coefficient (Wildman–Crippen LogP) is 2.98. The van der Waals surface area contributed by atoms with Crippen molar-refractivity contribution in [2.45, 2.75) is 190 Å². The normalized spacial score (nSPS) is 29.9. The third-order valence-corrected chi connectivity index (χ3v) is 10.0. The summed E-state index contributed by atoms with van der Waals surface area (Å²) in [5.41, 5.74) is 0. The van der Waals surface area contributed by atoms with Crippen molar-refractivity contribution in [1.82, 2.24) is 5.32 Å². The number of rotatable bonds is 29. The molecule has 12 unspecified atom stereocenters. The Morgan fingerprint density at radius 1 is 0.661 bits per heavy atom. The van der Waals surface area contributed by atoms with E-state index in [4.69, 9.17) is 18.9 Å². The molecule has 0 radical (unpaired) electrons. The van der Waals surface area contributed by atoms with Crippen LogP contribution in [0.1, 0.15) is 117 Å². The van der Waals surface area contributed by atoms with Crippen LogP contribution in [0.25, 0.3) is 0 Å². The standard InChI is InChI=1S/C42H73NO13/c1-3-5-7-9-11-13-14-15-16-18-20-22-24-26-34(47)43-30(31(46)25-23-21-19-17-12-10-8-6-4-2)29-53-41-39(52)37(50)40(33(28-45)55-41)56-42-38(51)36(49)35(48)32(27-44)54-42/h5,7,11,13,15-16,23,25,30-33,35-42,44-46,48-52H,3-4,6,8-10,12,14,17-22,24,26-29H2,1-2H3,(H,43,47)/b7-5-,13-11-,16-15-,25-23+. The van der Waals surface area contributed by atoms with E-state index in [1.54, 1.807) is 6.08 Å². The first kappa shape index (κ1) is 50.1. The second-order valence-corrected chi connectivity index (χ2v) is 14.7. The first-order valence-corrected chi connectivity index (χ1v) is 20.9. The van der Waals surface area contributed by atoms with Crippen LogP contribution in [-0.2, 0) is 23.7 Å². The van der Waals surface area contributed by atoms with Gasteiger partial charge in [-0.25, -0.2) is 0 Å². The van der Waals surface area contributed by atoms with Gasteiger partial charge in [0.05, 0.1) is 32.0 Å². The third-order valence-electron chi connectivity index (χ3n) is 10.0. The number of amides is 1. The fraction of sp³-hybridized carbons (Fsp3) is 0.786. The number of carbonyl (C=O) groups is 1. The smallest absolute Gasteiger partial charge is 0.220 e. The number of carbonyl (C=O) groups excluding carboxylic acids is 1. The molecule has 0 aromatic rings. The first-order chi connectivity index (χ1) is 27.1. The molecule has 0 aromatic carbocycles. The van der Waals surface area contributed by atoms with Crippen LogP contribution >= 0.6 is 0 Å². The molecule has 2 aliphatic heterocycles. The van der Waals surface area contributed by atoms with E-state index in [2.05, 4.69) is 55.6 Å². The number of hydrogen-bond donors (Lipinski definition) is 9. The van der Waals surface area contributed by atoms with Gasteiger partial charge in [0, 0.05) is 6.42 Å². The van der Waals surface area contributed by atoms with Crippen molar-refractivity contribution in [1.29, 1.82) is 0 Å². The van der Waals surface area contributed by atoms with E-state index < -0.39 is 86.8 Å². The first-order valence-electron chi connectivity index (χ1n) is 20.9. The van der Waals surface area contributed by atoms with Crippen molar-refractivity contribution >= 4 is 5.91 Å². The van der Waals surface area contributed by atoms with Gasteiger partial charge in [-0.15, -0.1) is 0 Å². The molecule has 2 heterocycles. The summed E-state index contributed by atoms with van der Waals surface area (Å²) in [4.78, 5) is 13.0. The molecule has 12 atom stereocenters. The number of aliphatic hydroxyl groups is 8. The minimum absolute atomic E-state index is 0.244. The lowest BCUT2D eigenvalue weighted by atomic mass is 9.97. The van der Waals surface area contributed by atoms with Gasteiger partial charge in [-0.1, -0.05) is 107 Å². The summed E-state index contributed by atoms with van der Waals surface area (Å²) in [6.45, 7) is 2.56. The molecule has 2 rings (SSSR count). The fourth-order valence-corrected chi connectivity index (χ4v) is 6.54. The average molecular weight is 800 g/mol. The van der Waals surface area contributed by atoms with Crippen molar-refractivity contribution in [3.05, 3.63) is 48.6 Å². The second kappa shape index (κ2) is 30.1. The molecule has 0 bridgehead atoms. The summed E-state index contributed by atoms with van der Waals surface area (Å²) in [5.74, 6) is -0.276. The predicted molar refractivity (Wildman–Crippen MR) is 212 cm³/mol. The fourth-order valence-electron chi connectivity index (χ4n) is 6.54. The van der Waals surface area contributed by atoms with Gasteiger partial charge < -0.3 is 65.1 Å². The quantitative estimate of drug-likeness (QED) is 0.0392. The van der Waals surface area contributed by atoms with Crippen LogP contribution < -0.4 is 5.32 Å². The molecule has 1 amide bonds. The maximum Gasteiger partial charge on any atom is 0.220 e. The van der Waals surface area contributed by atoms with E-state index in [1.165, 1.54) is 25.7 Å². The zero-order valence-corrected chi connectivity index (χ0v) is 33.6. The van der Waals surface area contributed by atoms with Gasteiger partial charge in [-0.3, -0.25) is 4.79 Å². The van der Waals surface area contributed by atoms with Crippen molar-refractivity contribution in [2.24, 2.45) is 0 Å². The van der Waals surface area contributed by atoms with E-state index >= 15 is 0 Å². The van der Waals surface area contributed by atoms with Gasteiger partial charge in [0.2, 0.25) is 5.91 Å². The van der Waals surface area contributed by atoms with E-state index in [1.807, 2.05) is 6.08 Å². The lowest BCUT2D eigenvalue weighted by Crippen LogP contribution is -2.65. The van der Waals surface area contributed by atoms with E-state index in [-0.39, 0.29) is 18.9 Å². The maximum absolute atomic E-state index is 13.0. The van der Waals surface area contributed by atoms with Crippen LogP contribution in [0.4, 0.5) is 0 Å². The Balaban J connectivity index is 1.95. The molecule has 0 aliphatic carbocycles. The zero-order chi connectivity index (χ0) is 41.1. The second-order valence-electron chi connectivity index (χ2n) is 14.7. The Morgan fingerprint density at radius 3 is 1.89 bits per heavy atom. The number of ether oxygens (including phenoxy) is 4. The van der Waals surface area contributed by atoms with Gasteiger partial charge in [-0.2, -0.15) is 0 Å². The van der Waals surface area contributed by atoms with Gasteiger partial charge >= 0.3 is 0 Å². The Labute approximate surface area is 333 Å². The Kier molecular flexibility index (Phi) is 26.9. The highest BCUT2D eigenvalue weighted by atomic mass is 16.7. The van der Waals surface area contributed by atoms with Gasteiger partial charge in [0.1, 0.15) is 48.8 Å². The third kappa shape index (κ3) is 18.7. The van der Waals surface area contributed by atoms with Crippen LogP contribution in [0.15, 0.2) is 48.6 Å². The zero-order valence-electron chi connectivity index (χ0n) is 33.6. The number of aliphatic hydroxyl groups excluding tert-OH is 8. The van der Waals surface area contributed by atoms with Crippen molar-refractivity contribution < 1.29 is 64.6 Å². The summed E-state index contributed by atoms with van der Waals surface area (Å²) in [7, 11) is 0. The molecule has 56 heavy (non-hydrogen) atoms. The number of unbranched alkanes of at least 4 members (excludes halogenated alkanes) is 10. The molecule has 9 N–H and O–H groups in total. The van der Waals surface area contributed by atoms with Crippen LogP contribution in [0.2, 0.25) is 0 Å². The molecule has 2 saturated heterocycles. The molecule has 14 nitrogen and oxygen atoms in total. The van der Waals surface area contributed by atoms with Gasteiger partial charge in [-0.05, 0) is 51.4 Å². The Hall–Kier alpha value is -2.05. The topological polar surface area (TPSA) is 228 Å². The number of allylic oxidation sites excluding steroid dienone is 7. The largest absolute Gasteiger partial charge is 0.394 e.